The molecular weight excluding hydrogens is 215 g/mol. The highest BCUT2D eigenvalue weighted by Gasteiger charge is 1.22. The van der Waals surface area contributed by atoms with Gasteiger partial charge in [-0.25, -0.2) is 0 Å². The molecule has 0 spiro atoms. The molecule has 0 atom stereocenters. The molecule has 0 aliphatic carbocycles. The number of hydrogen-bond acceptors (Lipinski definition) is 2. The van der Waals surface area contributed by atoms with Gasteiger partial charge in [0.25, 0.3) is 12.9 Å². The van der Waals surface area contributed by atoms with E-state index < -0.39 is 0 Å². The first-order chi connectivity index (χ1) is 2.83. The Morgan fingerprint density at radius 3 is 1.00 bits per heavy atom. The van der Waals surface area contributed by atoms with Crippen LogP contribution in [0.25, 0.3) is 0 Å². The lowest BCUT2D eigenvalue weighted by Gasteiger charge is -1.34. The van der Waals surface area contributed by atoms with Crippen LogP contribution >= 0.6 is 24.0 Å². The van der Waals surface area contributed by atoms with E-state index in [-0.39, 0.29) is 36.9 Å². The minimum atomic E-state index is -0.250. The molecule has 0 bridgehead atoms. The Morgan fingerprint density at radius 1 is 1.00 bits per heavy atom. The summed E-state index contributed by atoms with van der Waals surface area (Å²) in [5.41, 5.74) is 0. The SMILES string of the molecule is I.O=CO.O=CO. The molecule has 0 unspecified atom stereocenters. The summed E-state index contributed by atoms with van der Waals surface area (Å²) in [6.45, 7) is -0.500. The van der Waals surface area contributed by atoms with E-state index in [1.165, 1.54) is 0 Å². The third kappa shape index (κ3) is 701. The fraction of sp³-hybridized carbons (Fsp3) is 0. The first-order valence-electron chi connectivity index (χ1n) is 0.988. The highest BCUT2D eigenvalue weighted by Crippen LogP contribution is 0.969. The van der Waals surface area contributed by atoms with Crippen LogP contribution in [0.15, 0.2) is 0 Å². The van der Waals surface area contributed by atoms with Crippen LogP contribution in [0, 0.1) is 0 Å². The molecule has 7 heavy (non-hydrogen) atoms. The van der Waals surface area contributed by atoms with Gasteiger partial charge in [-0.3, -0.25) is 9.59 Å². The zero-order chi connectivity index (χ0) is 5.41. The fourth-order valence-electron chi connectivity index (χ4n) is 0. The van der Waals surface area contributed by atoms with Crippen molar-refractivity contribution in [2.24, 2.45) is 0 Å². The van der Waals surface area contributed by atoms with E-state index in [1.54, 1.807) is 0 Å². The van der Waals surface area contributed by atoms with E-state index in [9.17, 15) is 0 Å². The molecule has 2 N–H and O–H groups in total. The van der Waals surface area contributed by atoms with E-state index in [1.807, 2.05) is 0 Å². The van der Waals surface area contributed by atoms with Crippen LogP contribution in [0.4, 0.5) is 0 Å². The maximum atomic E-state index is 8.36. The molecule has 0 amide bonds. The third-order valence-electron chi connectivity index (χ3n) is 0. The van der Waals surface area contributed by atoms with Crippen molar-refractivity contribution in [2.45, 2.75) is 0 Å². The highest BCUT2D eigenvalue weighted by molar-refractivity contribution is 14.0. The van der Waals surface area contributed by atoms with E-state index in [2.05, 4.69) is 0 Å². The fourth-order valence-corrected chi connectivity index (χ4v) is 0. The van der Waals surface area contributed by atoms with Crippen LogP contribution in [0.5, 0.6) is 0 Å². The molecule has 0 aromatic heterocycles. The van der Waals surface area contributed by atoms with Gasteiger partial charge in [-0.05, 0) is 0 Å². The summed E-state index contributed by atoms with van der Waals surface area (Å²) in [5, 5.41) is 13.8. The highest BCUT2D eigenvalue weighted by atomic mass is 127. The van der Waals surface area contributed by atoms with Crippen LogP contribution < -0.4 is 0 Å². The lowest BCUT2D eigenvalue weighted by molar-refractivity contribution is -0.123. The second kappa shape index (κ2) is 44.3. The minimum Gasteiger partial charge on any atom is -0.483 e. The molecule has 0 aromatic rings. The molecule has 0 aliphatic rings. The summed E-state index contributed by atoms with van der Waals surface area (Å²) >= 11 is 0. The largest absolute Gasteiger partial charge is 0.483 e. The number of carboxylic acid groups (broad SMARTS) is 2. The van der Waals surface area contributed by atoms with E-state index in [4.69, 9.17) is 19.8 Å². The van der Waals surface area contributed by atoms with Gasteiger partial charge in [-0.15, -0.1) is 24.0 Å². The predicted molar refractivity (Wildman–Crippen MR) is 32.8 cm³/mol. The van der Waals surface area contributed by atoms with Crippen LogP contribution in [0.2, 0.25) is 0 Å². The number of rotatable bonds is 0. The van der Waals surface area contributed by atoms with Crippen molar-refractivity contribution in [2.75, 3.05) is 0 Å². The first kappa shape index (κ1) is 15.9. The topological polar surface area (TPSA) is 74.6 Å². The van der Waals surface area contributed by atoms with E-state index in [0.29, 0.717) is 0 Å². The molecule has 0 rings (SSSR count). The number of carbonyl (C=O) groups is 2. The summed E-state index contributed by atoms with van der Waals surface area (Å²) < 4.78 is 0. The third-order valence-corrected chi connectivity index (χ3v) is 0. The summed E-state index contributed by atoms with van der Waals surface area (Å²) in [6.07, 6.45) is 0. The predicted octanol–water partition coefficient (Wildman–Crippen LogP) is 0.0196. The Hall–Kier alpha value is -0.330. The average molecular weight is 220 g/mol. The molecule has 0 radical (unpaired) electrons. The van der Waals surface area contributed by atoms with Crippen LogP contribution in [0.3, 0.4) is 0 Å². The van der Waals surface area contributed by atoms with Gasteiger partial charge in [0.1, 0.15) is 0 Å². The van der Waals surface area contributed by atoms with Crippen molar-refractivity contribution >= 4 is 36.9 Å². The lowest BCUT2D eigenvalue weighted by Crippen LogP contribution is -1.49. The molecule has 0 heterocycles. The summed E-state index contributed by atoms with van der Waals surface area (Å²) in [6, 6.07) is 0. The quantitative estimate of drug-likeness (QED) is 0.445. The van der Waals surface area contributed by atoms with Crippen LogP contribution in [-0.2, 0) is 9.59 Å². The first-order valence-corrected chi connectivity index (χ1v) is 0.988. The minimum absolute atomic E-state index is 0. The average Bonchev–Trinajstić information content (AvgIpc) is 1.39. The van der Waals surface area contributed by atoms with Crippen molar-refractivity contribution in [3.05, 3.63) is 0 Å². The van der Waals surface area contributed by atoms with Gasteiger partial charge < -0.3 is 10.2 Å². The van der Waals surface area contributed by atoms with Crippen molar-refractivity contribution in [3.8, 4) is 0 Å². The van der Waals surface area contributed by atoms with Gasteiger partial charge in [-0.1, -0.05) is 0 Å². The zero-order valence-corrected chi connectivity index (χ0v) is 5.60. The van der Waals surface area contributed by atoms with E-state index in [0.717, 1.165) is 0 Å². The maximum absolute atomic E-state index is 8.36. The normalized spacial score (nSPS) is 3.43. The van der Waals surface area contributed by atoms with Gasteiger partial charge in [0, 0.05) is 0 Å². The Labute approximate surface area is 57.2 Å². The maximum Gasteiger partial charge on any atom is 0.290 e. The Bertz CT molecular complexity index is 30.7. The second-order valence-corrected chi connectivity index (χ2v) is 0.211. The molecule has 0 aromatic carbocycles. The molecule has 0 aliphatic heterocycles. The van der Waals surface area contributed by atoms with Gasteiger partial charge >= 0.3 is 0 Å². The van der Waals surface area contributed by atoms with Crippen molar-refractivity contribution in [1.82, 2.24) is 0 Å². The standard InChI is InChI=1S/2CH2O2.HI/c2*2-1-3;/h2*1H,(H,2,3);1H. The van der Waals surface area contributed by atoms with Gasteiger partial charge in [0.2, 0.25) is 0 Å². The molecule has 0 saturated carbocycles. The van der Waals surface area contributed by atoms with Gasteiger partial charge in [0.15, 0.2) is 0 Å². The molecule has 44 valence electrons. The van der Waals surface area contributed by atoms with Crippen molar-refractivity contribution < 1.29 is 19.8 Å². The van der Waals surface area contributed by atoms with E-state index >= 15 is 0 Å². The Kier molecular flexibility index (Phi) is 101. The Balaban J connectivity index is -0.0000000400. The summed E-state index contributed by atoms with van der Waals surface area (Å²) in [4.78, 5) is 16.7. The van der Waals surface area contributed by atoms with Gasteiger partial charge in [0.05, 0.1) is 0 Å². The number of hydrogen-bond donors (Lipinski definition) is 2. The monoisotopic (exact) mass is 220 g/mol. The lowest BCUT2D eigenvalue weighted by atomic mass is 11.7. The van der Waals surface area contributed by atoms with Gasteiger partial charge in [-0.2, -0.15) is 0 Å². The van der Waals surface area contributed by atoms with Crippen molar-refractivity contribution in [1.29, 1.82) is 0 Å². The smallest absolute Gasteiger partial charge is 0.290 e. The molecule has 0 saturated heterocycles. The molecular formula is C2H5IO4. The van der Waals surface area contributed by atoms with Crippen molar-refractivity contribution in [3.63, 3.8) is 0 Å². The van der Waals surface area contributed by atoms with Crippen LogP contribution in [0.1, 0.15) is 0 Å². The number of halogens is 1. The summed E-state index contributed by atoms with van der Waals surface area (Å²) in [7, 11) is 0. The van der Waals surface area contributed by atoms with Crippen LogP contribution in [-0.4, -0.2) is 23.2 Å². The Morgan fingerprint density at radius 2 is 1.00 bits per heavy atom. The molecule has 5 heteroatoms. The molecule has 0 fully saturated rings. The second-order valence-electron chi connectivity index (χ2n) is 0.211. The molecule has 4 nitrogen and oxygen atoms in total. The zero-order valence-electron chi connectivity index (χ0n) is 3.27. The summed E-state index contributed by atoms with van der Waals surface area (Å²) in [5.74, 6) is 0.